The maximum atomic E-state index is 12.2. The van der Waals surface area contributed by atoms with Gasteiger partial charge in [-0.05, 0) is 30.0 Å². The normalized spacial score (nSPS) is 11.5. The Balaban J connectivity index is 2.29. The van der Waals surface area contributed by atoms with Crippen LogP contribution in [0.5, 0.6) is 0 Å². The molecule has 0 atom stereocenters. The number of thiophene rings is 1. The minimum atomic E-state index is -3.92. The van der Waals surface area contributed by atoms with Crippen LogP contribution in [0.25, 0.3) is 0 Å². The molecule has 0 fully saturated rings. The van der Waals surface area contributed by atoms with Gasteiger partial charge in [-0.15, -0.1) is 11.3 Å². The minimum Gasteiger partial charge on any atom is -0.258 e. The number of benzene rings is 1. The summed E-state index contributed by atoms with van der Waals surface area (Å²) in [6.45, 7) is 1.99. The largest absolute Gasteiger partial charge is 0.270 e. The molecule has 0 saturated heterocycles. The molecule has 112 valence electrons. The number of nitro benzene ring substituents is 1. The molecular weight excluding hydrogens is 336 g/mol. The van der Waals surface area contributed by atoms with Crippen LogP contribution < -0.4 is 4.72 Å². The second-order valence-corrected chi connectivity index (χ2v) is 7.37. The fourth-order valence-electron chi connectivity index (χ4n) is 1.64. The topological polar surface area (TPSA) is 89.3 Å². The Hall–Kier alpha value is -1.48. The van der Waals surface area contributed by atoms with Crippen molar-refractivity contribution in [2.24, 2.45) is 0 Å². The Morgan fingerprint density at radius 1 is 1.38 bits per heavy atom. The fraction of sp³-hybridized carbons (Fsp3) is 0.167. The van der Waals surface area contributed by atoms with Gasteiger partial charge < -0.3 is 0 Å². The predicted molar refractivity (Wildman–Crippen MR) is 81.2 cm³/mol. The van der Waals surface area contributed by atoms with Crippen LogP contribution in [0, 0.1) is 17.0 Å². The molecule has 1 aromatic carbocycles. The van der Waals surface area contributed by atoms with Gasteiger partial charge in [0.2, 0.25) is 10.0 Å². The summed E-state index contributed by atoms with van der Waals surface area (Å²) in [4.78, 5) is 10.6. The van der Waals surface area contributed by atoms with Gasteiger partial charge in [-0.1, -0.05) is 11.6 Å². The molecule has 0 aliphatic carbocycles. The molecule has 21 heavy (non-hydrogen) atoms. The number of nitro groups is 1. The second kappa shape index (κ2) is 6.10. The van der Waals surface area contributed by atoms with Crippen molar-refractivity contribution in [3.8, 4) is 0 Å². The number of aryl methyl sites for hydroxylation is 1. The van der Waals surface area contributed by atoms with E-state index in [1.54, 1.807) is 0 Å². The van der Waals surface area contributed by atoms with E-state index >= 15 is 0 Å². The monoisotopic (exact) mass is 346 g/mol. The molecule has 0 unspecified atom stereocenters. The molecule has 0 spiro atoms. The highest BCUT2D eigenvalue weighted by Crippen LogP contribution is 2.26. The van der Waals surface area contributed by atoms with Gasteiger partial charge in [0.05, 0.1) is 9.95 Å². The van der Waals surface area contributed by atoms with E-state index < -0.39 is 14.9 Å². The molecular formula is C12H11ClN2O4S2. The minimum absolute atomic E-state index is 0.0593. The van der Waals surface area contributed by atoms with E-state index in [9.17, 15) is 18.5 Å². The number of nitrogens with one attached hydrogen (secondary N) is 1. The summed E-state index contributed by atoms with van der Waals surface area (Å²) in [6.07, 6.45) is 0. The van der Waals surface area contributed by atoms with Crippen molar-refractivity contribution in [3.05, 3.63) is 55.2 Å². The molecule has 2 aromatic rings. The van der Waals surface area contributed by atoms with Crippen LogP contribution in [0.1, 0.15) is 10.4 Å². The second-order valence-electron chi connectivity index (χ2n) is 4.22. The maximum Gasteiger partial charge on any atom is 0.270 e. The van der Waals surface area contributed by atoms with Crippen molar-refractivity contribution in [1.29, 1.82) is 0 Å². The highest BCUT2D eigenvalue weighted by molar-refractivity contribution is 7.89. The average Bonchev–Trinajstić information content (AvgIpc) is 2.82. The van der Waals surface area contributed by atoms with Crippen molar-refractivity contribution in [2.45, 2.75) is 18.4 Å². The van der Waals surface area contributed by atoms with E-state index in [1.165, 1.54) is 17.4 Å². The summed E-state index contributed by atoms with van der Waals surface area (Å²) in [5.74, 6) is 0. The Kier molecular flexibility index (Phi) is 4.62. The van der Waals surface area contributed by atoms with Crippen LogP contribution in [0.4, 0.5) is 5.69 Å². The number of rotatable bonds is 5. The summed E-state index contributed by atoms with van der Waals surface area (Å²) in [5, 5.41) is 12.5. The van der Waals surface area contributed by atoms with E-state index in [0.29, 0.717) is 0 Å². The summed E-state index contributed by atoms with van der Waals surface area (Å²) in [7, 11) is -3.92. The van der Waals surface area contributed by atoms with Gasteiger partial charge in [-0.2, -0.15) is 0 Å². The SMILES string of the molecule is Cc1ccsc1CNS(=O)(=O)c1cc([N+](=O)[O-])ccc1Cl. The average molecular weight is 347 g/mol. The zero-order valence-electron chi connectivity index (χ0n) is 10.9. The standard InChI is InChI=1S/C12H11ClN2O4S2/c1-8-4-5-20-11(8)7-14-21(18,19)12-6-9(15(16)17)2-3-10(12)13/h2-6,14H,7H2,1H3. The highest BCUT2D eigenvalue weighted by Gasteiger charge is 2.21. The highest BCUT2D eigenvalue weighted by atomic mass is 35.5. The van der Waals surface area contributed by atoms with Gasteiger partial charge >= 0.3 is 0 Å². The van der Waals surface area contributed by atoms with Gasteiger partial charge in [0, 0.05) is 23.6 Å². The van der Waals surface area contributed by atoms with Crippen LogP contribution in [0.15, 0.2) is 34.5 Å². The molecule has 0 saturated carbocycles. The van der Waals surface area contributed by atoms with Crippen LogP contribution >= 0.6 is 22.9 Å². The molecule has 0 radical (unpaired) electrons. The van der Waals surface area contributed by atoms with Crippen molar-refractivity contribution >= 4 is 38.6 Å². The molecule has 0 amide bonds. The Labute approximate surface area is 130 Å². The molecule has 0 bridgehead atoms. The lowest BCUT2D eigenvalue weighted by molar-refractivity contribution is -0.385. The smallest absolute Gasteiger partial charge is 0.258 e. The Bertz CT molecular complexity index is 786. The maximum absolute atomic E-state index is 12.2. The van der Waals surface area contributed by atoms with E-state index in [0.717, 1.165) is 22.6 Å². The fourth-order valence-corrected chi connectivity index (χ4v) is 4.09. The van der Waals surface area contributed by atoms with E-state index in [2.05, 4.69) is 4.72 Å². The van der Waals surface area contributed by atoms with Gasteiger partial charge in [0.1, 0.15) is 4.90 Å². The van der Waals surface area contributed by atoms with Crippen molar-refractivity contribution in [3.63, 3.8) is 0 Å². The molecule has 0 aliphatic rings. The number of halogens is 1. The summed E-state index contributed by atoms with van der Waals surface area (Å²) in [6, 6.07) is 5.19. The third-order valence-corrected chi connectivity index (χ3v) is 5.71. The summed E-state index contributed by atoms with van der Waals surface area (Å²) >= 11 is 7.27. The lowest BCUT2D eigenvalue weighted by Crippen LogP contribution is -2.23. The first-order valence-electron chi connectivity index (χ1n) is 5.78. The first-order chi connectivity index (χ1) is 9.81. The molecule has 2 rings (SSSR count). The number of nitrogens with zero attached hydrogens (tertiary/aromatic N) is 1. The Morgan fingerprint density at radius 3 is 2.67 bits per heavy atom. The van der Waals surface area contributed by atoms with Gasteiger partial charge in [0.25, 0.3) is 5.69 Å². The van der Waals surface area contributed by atoms with Crippen molar-refractivity contribution in [2.75, 3.05) is 0 Å². The zero-order chi connectivity index (χ0) is 15.6. The molecule has 1 N–H and O–H groups in total. The van der Waals surface area contributed by atoms with Crippen LogP contribution in [-0.4, -0.2) is 13.3 Å². The summed E-state index contributed by atoms with van der Waals surface area (Å²) in [5.41, 5.74) is 0.653. The van der Waals surface area contributed by atoms with E-state index in [-0.39, 0.29) is 22.2 Å². The third-order valence-electron chi connectivity index (χ3n) is 2.81. The van der Waals surface area contributed by atoms with Crippen molar-refractivity contribution < 1.29 is 13.3 Å². The van der Waals surface area contributed by atoms with Gasteiger partial charge in [0.15, 0.2) is 0 Å². The number of sulfonamides is 1. The van der Waals surface area contributed by atoms with Crippen LogP contribution in [0.2, 0.25) is 5.02 Å². The first kappa shape index (κ1) is 15.9. The van der Waals surface area contributed by atoms with E-state index in [1.807, 2.05) is 18.4 Å². The lowest BCUT2D eigenvalue weighted by atomic mass is 10.3. The molecule has 0 aliphatic heterocycles. The first-order valence-corrected chi connectivity index (χ1v) is 8.52. The van der Waals surface area contributed by atoms with Gasteiger partial charge in [-0.25, -0.2) is 13.1 Å². The summed E-state index contributed by atoms with van der Waals surface area (Å²) < 4.78 is 26.8. The number of hydrogen-bond donors (Lipinski definition) is 1. The lowest BCUT2D eigenvalue weighted by Gasteiger charge is -2.08. The molecule has 1 heterocycles. The van der Waals surface area contributed by atoms with Gasteiger partial charge in [-0.3, -0.25) is 10.1 Å². The number of hydrogen-bond acceptors (Lipinski definition) is 5. The molecule has 1 aromatic heterocycles. The quantitative estimate of drug-likeness (QED) is 0.665. The zero-order valence-corrected chi connectivity index (χ0v) is 13.3. The van der Waals surface area contributed by atoms with Crippen molar-refractivity contribution in [1.82, 2.24) is 4.72 Å². The molecule has 6 nitrogen and oxygen atoms in total. The number of non-ortho nitro benzene ring substituents is 1. The van der Waals surface area contributed by atoms with E-state index in [4.69, 9.17) is 11.6 Å². The predicted octanol–water partition coefficient (Wildman–Crippen LogP) is 3.10. The van der Waals surface area contributed by atoms with Crippen LogP contribution in [0.3, 0.4) is 0 Å². The Morgan fingerprint density at radius 2 is 2.10 bits per heavy atom. The third kappa shape index (κ3) is 3.59. The van der Waals surface area contributed by atoms with Crippen LogP contribution in [-0.2, 0) is 16.6 Å². The molecule has 9 heteroatoms.